The first-order valence-electron chi connectivity index (χ1n) is 14.2. The Labute approximate surface area is 237 Å². The maximum absolute atomic E-state index is 14.1. The number of hydrogen-bond acceptors (Lipinski definition) is 3. The number of carbonyl (C=O) groups excluding carboxylic acids is 1. The first-order valence-corrected chi connectivity index (χ1v) is 14.2. The van der Waals surface area contributed by atoms with Crippen molar-refractivity contribution in [3.8, 4) is 0 Å². The van der Waals surface area contributed by atoms with E-state index in [-0.39, 0.29) is 24.5 Å². The van der Waals surface area contributed by atoms with E-state index in [1.807, 2.05) is 65.9 Å². The van der Waals surface area contributed by atoms with E-state index in [4.69, 9.17) is 0 Å². The van der Waals surface area contributed by atoms with Gasteiger partial charge in [0.25, 0.3) is 0 Å². The van der Waals surface area contributed by atoms with Gasteiger partial charge in [-0.25, -0.2) is 9.18 Å². The van der Waals surface area contributed by atoms with Gasteiger partial charge in [0, 0.05) is 44.7 Å². The van der Waals surface area contributed by atoms with Crippen molar-refractivity contribution in [2.45, 2.75) is 64.7 Å². The molecule has 0 spiro atoms. The summed E-state index contributed by atoms with van der Waals surface area (Å²) < 4.78 is 52.9. The van der Waals surface area contributed by atoms with E-state index in [1.165, 1.54) is 19.0 Å². The average molecular weight is 567 g/mol. The number of hydrogen-bond donors (Lipinski definition) is 0. The van der Waals surface area contributed by atoms with Crippen LogP contribution in [0.15, 0.2) is 48.5 Å². The van der Waals surface area contributed by atoms with E-state index >= 15 is 0 Å². The summed E-state index contributed by atoms with van der Waals surface area (Å²) >= 11 is 0. The molecular formula is C31H46F4N4O. The molecule has 1 aliphatic heterocycles. The lowest BCUT2D eigenvalue weighted by atomic mass is 9.93. The highest BCUT2D eigenvalue weighted by molar-refractivity contribution is 5.75. The van der Waals surface area contributed by atoms with Crippen molar-refractivity contribution in [2.24, 2.45) is 0 Å². The second-order valence-corrected chi connectivity index (χ2v) is 10.8. The van der Waals surface area contributed by atoms with Crippen LogP contribution in [-0.4, -0.2) is 85.5 Å². The maximum atomic E-state index is 14.1. The highest BCUT2D eigenvalue weighted by Crippen LogP contribution is 2.34. The summed E-state index contributed by atoms with van der Waals surface area (Å²) in [5.74, 6) is -1.23. The lowest BCUT2D eigenvalue weighted by molar-refractivity contribution is -0.140. The Morgan fingerprint density at radius 3 is 1.98 bits per heavy atom. The molecule has 3 rings (SSSR count). The maximum Gasteiger partial charge on any atom is 0.419 e. The third-order valence-electron chi connectivity index (χ3n) is 7.05. The lowest BCUT2D eigenvalue weighted by Crippen LogP contribution is -2.44. The quantitative estimate of drug-likeness (QED) is 0.292. The van der Waals surface area contributed by atoms with Crippen LogP contribution in [0.1, 0.15) is 62.6 Å². The first kappa shape index (κ1) is 33.6. The summed E-state index contributed by atoms with van der Waals surface area (Å²) in [5, 5.41) is 0. The van der Waals surface area contributed by atoms with Crippen LogP contribution >= 0.6 is 0 Å². The third kappa shape index (κ3) is 9.77. The number of halogens is 4. The molecule has 40 heavy (non-hydrogen) atoms. The van der Waals surface area contributed by atoms with Gasteiger partial charge < -0.3 is 14.7 Å². The van der Waals surface area contributed by atoms with E-state index < -0.39 is 17.6 Å². The number of nitrogens with zero attached hydrogens (tertiary/aromatic N) is 4. The van der Waals surface area contributed by atoms with E-state index in [9.17, 15) is 22.4 Å². The monoisotopic (exact) mass is 566 g/mol. The zero-order chi connectivity index (χ0) is 29.9. The smallest absolute Gasteiger partial charge is 0.325 e. The topological polar surface area (TPSA) is 30.0 Å². The summed E-state index contributed by atoms with van der Waals surface area (Å²) in [6.07, 6.45) is -1.70. The van der Waals surface area contributed by atoms with Crippen molar-refractivity contribution in [2.75, 3.05) is 53.9 Å². The predicted molar refractivity (Wildman–Crippen MR) is 154 cm³/mol. The van der Waals surface area contributed by atoms with Crippen LogP contribution in [0, 0.1) is 5.82 Å². The molecule has 9 heteroatoms. The van der Waals surface area contributed by atoms with Gasteiger partial charge in [-0.05, 0) is 70.2 Å². The van der Waals surface area contributed by atoms with Gasteiger partial charge in [0.1, 0.15) is 5.82 Å². The average Bonchev–Trinajstić information content (AvgIpc) is 3.34. The highest BCUT2D eigenvalue weighted by Gasteiger charge is 2.40. The van der Waals surface area contributed by atoms with Gasteiger partial charge in [0.2, 0.25) is 0 Å². The summed E-state index contributed by atoms with van der Waals surface area (Å²) in [5.41, 5.74) is 0.305. The van der Waals surface area contributed by atoms with Crippen LogP contribution in [0.2, 0.25) is 0 Å². The fourth-order valence-corrected chi connectivity index (χ4v) is 5.20. The van der Waals surface area contributed by atoms with E-state index in [2.05, 4.69) is 25.9 Å². The van der Waals surface area contributed by atoms with Gasteiger partial charge in [-0.1, -0.05) is 57.2 Å². The minimum absolute atomic E-state index is 0.0149. The number of carbonyl (C=O) groups is 1. The molecule has 1 heterocycles. The number of rotatable bonds is 10. The van der Waals surface area contributed by atoms with Crippen LogP contribution in [0.4, 0.5) is 22.4 Å². The number of amides is 2. The van der Waals surface area contributed by atoms with Gasteiger partial charge in [0.15, 0.2) is 0 Å². The molecule has 0 aromatic heterocycles. The summed E-state index contributed by atoms with van der Waals surface area (Å²) in [6, 6.07) is 13.0. The molecular weight excluding hydrogens is 520 g/mol. The van der Waals surface area contributed by atoms with Crippen LogP contribution in [0.25, 0.3) is 0 Å². The number of benzene rings is 2. The Balaban J connectivity index is 0.000000840. The normalized spacial score (nSPS) is 17.2. The molecule has 2 amide bonds. The van der Waals surface area contributed by atoms with E-state index in [0.29, 0.717) is 31.7 Å². The number of likely N-dealkylation sites (N-methyl/N-ethyl adjacent to an activating group) is 1. The number of urea groups is 1. The summed E-state index contributed by atoms with van der Waals surface area (Å²) in [6.45, 7) is 10.2. The molecule has 0 N–H and O–H groups in total. The fourth-order valence-electron chi connectivity index (χ4n) is 5.20. The van der Waals surface area contributed by atoms with Gasteiger partial charge in [-0.15, -0.1) is 0 Å². The van der Waals surface area contributed by atoms with Crippen LogP contribution in [0.5, 0.6) is 0 Å². The van der Waals surface area contributed by atoms with Crippen molar-refractivity contribution in [3.63, 3.8) is 0 Å². The molecule has 1 aliphatic rings. The van der Waals surface area contributed by atoms with Gasteiger partial charge in [-0.3, -0.25) is 4.90 Å². The Morgan fingerprint density at radius 1 is 0.900 bits per heavy atom. The minimum Gasteiger partial charge on any atom is -0.325 e. The summed E-state index contributed by atoms with van der Waals surface area (Å²) in [7, 11) is 6.05. The minimum atomic E-state index is -4.72. The second-order valence-electron chi connectivity index (χ2n) is 10.8. The lowest BCUT2D eigenvalue weighted by Gasteiger charge is -2.30. The standard InChI is InChI=1S/C26H33F4N3O.C5H13N/c1-4-13-32(14-5-2)25(34)33-17-21(20-9-7-6-8-10-20)24(18-33)31(3)16-19-11-12-22(23(27)15-19)26(28,29)30;1-4-5-6(2)3/h6-12,15,21,24H,4-5,13-14,16-18H2,1-3H3;4-5H2,1-3H3/t21-,24?;/m1./s1. The molecule has 0 saturated carbocycles. The molecule has 2 aromatic rings. The van der Waals surface area contributed by atoms with Crippen LogP contribution in [0.3, 0.4) is 0 Å². The molecule has 0 radical (unpaired) electrons. The Kier molecular flexibility index (Phi) is 13.4. The Bertz CT molecular complexity index is 1030. The van der Waals surface area contributed by atoms with Crippen LogP contribution < -0.4 is 0 Å². The van der Waals surface area contributed by atoms with Crippen molar-refractivity contribution in [3.05, 3.63) is 71.0 Å². The largest absolute Gasteiger partial charge is 0.419 e. The molecule has 224 valence electrons. The zero-order valence-electron chi connectivity index (χ0n) is 24.8. The van der Waals surface area contributed by atoms with Gasteiger partial charge in [0.05, 0.1) is 5.56 Å². The first-order chi connectivity index (χ1) is 18.9. The fraction of sp³-hybridized carbons (Fsp3) is 0.581. The van der Waals surface area contributed by atoms with Crippen LogP contribution in [-0.2, 0) is 12.7 Å². The number of alkyl halides is 3. The zero-order valence-corrected chi connectivity index (χ0v) is 24.8. The van der Waals surface area contributed by atoms with Crippen molar-refractivity contribution in [1.82, 2.24) is 19.6 Å². The van der Waals surface area contributed by atoms with Gasteiger partial charge >= 0.3 is 12.2 Å². The molecule has 0 bridgehead atoms. The third-order valence-corrected chi connectivity index (χ3v) is 7.05. The molecule has 2 atom stereocenters. The molecule has 2 aromatic carbocycles. The van der Waals surface area contributed by atoms with E-state index in [1.54, 1.807) is 0 Å². The Morgan fingerprint density at radius 2 is 1.50 bits per heavy atom. The molecule has 0 aliphatic carbocycles. The summed E-state index contributed by atoms with van der Waals surface area (Å²) in [4.78, 5) is 21.2. The molecule has 1 saturated heterocycles. The highest BCUT2D eigenvalue weighted by atomic mass is 19.4. The van der Waals surface area contributed by atoms with E-state index in [0.717, 1.165) is 30.5 Å². The molecule has 1 fully saturated rings. The van der Waals surface area contributed by atoms with Crippen molar-refractivity contribution < 1.29 is 22.4 Å². The van der Waals surface area contributed by atoms with Crippen molar-refractivity contribution >= 4 is 6.03 Å². The van der Waals surface area contributed by atoms with Gasteiger partial charge in [-0.2, -0.15) is 13.2 Å². The second kappa shape index (κ2) is 16.0. The molecule has 1 unspecified atom stereocenters. The SMILES string of the molecule is CCCN(C)C.CCCN(CCC)C(=O)N1CC(N(C)Cc2ccc(C(F)(F)F)c(F)c2)[C@@H](c2ccccc2)C1. The molecule has 5 nitrogen and oxygen atoms in total. The van der Waals surface area contributed by atoms with Crippen molar-refractivity contribution in [1.29, 1.82) is 0 Å². The predicted octanol–water partition coefficient (Wildman–Crippen LogP) is 6.94. The Hall–Kier alpha value is -2.65. The number of likely N-dealkylation sites (tertiary alicyclic amines) is 1.